The fourth-order valence-corrected chi connectivity index (χ4v) is 3.59. The lowest BCUT2D eigenvalue weighted by atomic mass is 9.99. The first-order valence-electron chi connectivity index (χ1n) is 9.21. The van der Waals surface area contributed by atoms with Crippen molar-refractivity contribution in [2.24, 2.45) is 0 Å². The van der Waals surface area contributed by atoms with Gasteiger partial charge in [-0.2, -0.15) is 13.2 Å². The molecule has 0 radical (unpaired) electrons. The summed E-state index contributed by atoms with van der Waals surface area (Å²) in [6, 6.07) is 7.74. The molecule has 0 saturated carbocycles. The van der Waals surface area contributed by atoms with Crippen molar-refractivity contribution < 1.29 is 35.9 Å². The summed E-state index contributed by atoms with van der Waals surface area (Å²) in [5, 5.41) is 12.4. The van der Waals surface area contributed by atoms with Gasteiger partial charge in [0.05, 0.1) is 23.5 Å². The molecule has 7 nitrogen and oxygen atoms in total. The third kappa shape index (κ3) is 8.04. The molecule has 0 fully saturated rings. The molecule has 0 saturated heterocycles. The average Bonchev–Trinajstić information content (AvgIpc) is 2.75. The predicted molar refractivity (Wildman–Crippen MR) is 113 cm³/mol. The summed E-state index contributed by atoms with van der Waals surface area (Å²) in [7, 11) is -2.76. The standard InChI is InChI=1S/C19H21F4N3O4S2/c1-11(26-32(29)30)15-7-6-14(9-24-15)12-2-4-13(5-3-12)18(28)16(8-20)25-17(27)10-31-19(21,22)23/h2-7,9,11,16,18,28,32H,8,10H2,1H3,(H,25,27)(H,26,29,30)/t11?,16-,18-/m1/s1. The van der Waals surface area contributed by atoms with Gasteiger partial charge in [0.2, 0.25) is 16.8 Å². The van der Waals surface area contributed by atoms with Gasteiger partial charge in [0.15, 0.2) is 0 Å². The van der Waals surface area contributed by atoms with Gasteiger partial charge in [-0.15, -0.1) is 0 Å². The van der Waals surface area contributed by atoms with E-state index >= 15 is 0 Å². The topological polar surface area (TPSA) is 108 Å². The fourth-order valence-electron chi connectivity index (χ4n) is 2.76. The number of benzene rings is 1. The lowest BCUT2D eigenvalue weighted by Gasteiger charge is -2.22. The molecule has 176 valence electrons. The average molecular weight is 496 g/mol. The van der Waals surface area contributed by atoms with Crippen LogP contribution in [-0.4, -0.2) is 48.4 Å². The Morgan fingerprint density at radius 2 is 1.78 bits per heavy atom. The van der Waals surface area contributed by atoms with Crippen molar-refractivity contribution in [1.29, 1.82) is 0 Å². The van der Waals surface area contributed by atoms with Crippen LogP contribution < -0.4 is 10.0 Å². The van der Waals surface area contributed by atoms with Gasteiger partial charge in [-0.1, -0.05) is 30.3 Å². The highest BCUT2D eigenvalue weighted by Crippen LogP contribution is 2.30. The Kier molecular flexibility index (Phi) is 9.43. The fraction of sp³-hybridized carbons (Fsp3) is 0.368. The van der Waals surface area contributed by atoms with Gasteiger partial charge in [0, 0.05) is 11.8 Å². The summed E-state index contributed by atoms with van der Waals surface area (Å²) in [5.41, 5.74) is -2.40. The molecule has 0 aliphatic rings. The van der Waals surface area contributed by atoms with Gasteiger partial charge in [-0.25, -0.2) is 17.5 Å². The molecule has 1 aromatic carbocycles. The molecule has 3 atom stereocenters. The minimum absolute atomic E-state index is 0.266. The summed E-state index contributed by atoms with van der Waals surface area (Å²) < 4.78 is 73.6. The molecular formula is C19H21F4N3O4S2. The normalized spacial score (nSPS) is 14.7. The number of aromatic nitrogens is 1. The first-order chi connectivity index (χ1) is 15.0. The van der Waals surface area contributed by atoms with E-state index in [4.69, 9.17) is 0 Å². The molecule has 2 aromatic rings. The Morgan fingerprint density at radius 3 is 2.28 bits per heavy atom. The van der Waals surface area contributed by atoms with Crippen LogP contribution in [-0.2, 0) is 15.7 Å². The summed E-state index contributed by atoms with van der Waals surface area (Å²) in [6.45, 7) is 0.475. The number of alkyl halides is 4. The smallest absolute Gasteiger partial charge is 0.386 e. The molecule has 1 amide bonds. The van der Waals surface area contributed by atoms with Crippen LogP contribution in [0.15, 0.2) is 42.6 Å². The van der Waals surface area contributed by atoms with Crippen molar-refractivity contribution in [3.05, 3.63) is 53.9 Å². The van der Waals surface area contributed by atoms with Crippen LogP contribution in [0.3, 0.4) is 0 Å². The first kappa shape index (κ1) is 26.0. The SMILES string of the molecule is CC(N[SH](=O)=O)c1ccc(-c2ccc([C@@H](O)[C@@H](CF)NC(=O)CSC(F)(F)F)cc2)cn1. The van der Waals surface area contributed by atoms with E-state index in [9.17, 15) is 35.9 Å². The maximum atomic E-state index is 13.3. The molecule has 1 aromatic heterocycles. The molecule has 0 spiro atoms. The van der Waals surface area contributed by atoms with Gasteiger partial charge < -0.3 is 10.4 Å². The van der Waals surface area contributed by atoms with E-state index in [2.05, 4.69) is 15.0 Å². The molecule has 3 N–H and O–H groups in total. The highest BCUT2D eigenvalue weighted by Gasteiger charge is 2.30. The predicted octanol–water partition coefficient (Wildman–Crippen LogP) is 2.67. The maximum absolute atomic E-state index is 13.3. The molecule has 1 heterocycles. The Hall–Kier alpha value is -2.22. The number of carbonyl (C=O) groups is 1. The van der Waals surface area contributed by atoms with Gasteiger partial charge in [0.25, 0.3) is 0 Å². The van der Waals surface area contributed by atoms with Crippen molar-refractivity contribution in [3.8, 4) is 11.1 Å². The van der Waals surface area contributed by atoms with Crippen LogP contribution in [0.25, 0.3) is 11.1 Å². The number of thioether (sulfide) groups is 1. The monoisotopic (exact) mass is 495 g/mol. The third-order valence-corrected chi connectivity index (χ3v) is 5.71. The molecule has 13 heteroatoms. The van der Waals surface area contributed by atoms with Crippen LogP contribution in [0, 0.1) is 0 Å². The summed E-state index contributed by atoms with van der Waals surface area (Å²) in [4.78, 5) is 15.8. The molecule has 0 aliphatic carbocycles. The largest absolute Gasteiger partial charge is 0.442 e. The van der Waals surface area contributed by atoms with Crippen molar-refractivity contribution in [2.75, 3.05) is 12.4 Å². The van der Waals surface area contributed by atoms with Gasteiger partial charge in [0.1, 0.15) is 12.8 Å². The van der Waals surface area contributed by atoms with E-state index in [-0.39, 0.29) is 5.56 Å². The van der Waals surface area contributed by atoms with Crippen molar-refractivity contribution >= 4 is 28.6 Å². The second-order valence-corrected chi connectivity index (χ2v) is 8.52. The van der Waals surface area contributed by atoms with Crippen LogP contribution in [0.1, 0.15) is 30.3 Å². The summed E-state index contributed by atoms with van der Waals surface area (Å²) in [5.74, 6) is -1.98. The minimum Gasteiger partial charge on any atom is -0.386 e. The Labute approximate surface area is 187 Å². The zero-order valence-corrected chi connectivity index (χ0v) is 18.4. The number of aliphatic hydroxyl groups is 1. The number of halogens is 4. The van der Waals surface area contributed by atoms with Gasteiger partial charge in [-0.3, -0.25) is 9.78 Å². The maximum Gasteiger partial charge on any atom is 0.442 e. The second-order valence-electron chi connectivity index (χ2n) is 6.71. The van der Waals surface area contributed by atoms with E-state index in [1.54, 1.807) is 37.4 Å². The highest BCUT2D eigenvalue weighted by atomic mass is 32.2. The third-order valence-electron chi connectivity index (χ3n) is 4.38. The first-order valence-corrected chi connectivity index (χ1v) is 11.4. The number of carbonyl (C=O) groups excluding carboxylic acids is 1. The van der Waals surface area contributed by atoms with Gasteiger partial charge >= 0.3 is 5.51 Å². The van der Waals surface area contributed by atoms with Crippen LogP contribution >= 0.6 is 11.8 Å². The number of rotatable bonds is 10. The Balaban J connectivity index is 2.04. The number of aliphatic hydroxyl groups excluding tert-OH is 1. The van der Waals surface area contributed by atoms with Crippen molar-refractivity contribution in [3.63, 3.8) is 0 Å². The molecule has 2 rings (SSSR count). The second kappa shape index (κ2) is 11.6. The molecule has 32 heavy (non-hydrogen) atoms. The van der Waals surface area contributed by atoms with Crippen LogP contribution in [0.5, 0.6) is 0 Å². The van der Waals surface area contributed by atoms with E-state index in [1.165, 1.54) is 12.1 Å². The number of thiol groups is 1. The van der Waals surface area contributed by atoms with E-state index in [1.807, 2.05) is 0 Å². The number of amides is 1. The Bertz CT molecular complexity index is 962. The number of pyridine rings is 1. The summed E-state index contributed by atoms with van der Waals surface area (Å²) in [6.07, 6.45) is 0.0788. The van der Waals surface area contributed by atoms with E-state index in [0.717, 1.165) is 0 Å². The quantitative estimate of drug-likeness (QED) is 0.298. The van der Waals surface area contributed by atoms with E-state index in [0.29, 0.717) is 16.8 Å². The lowest BCUT2D eigenvalue weighted by Crippen LogP contribution is -2.42. The Morgan fingerprint density at radius 1 is 1.16 bits per heavy atom. The molecule has 0 aliphatic heterocycles. The minimum atomic E-state index is -4.59. The van der Waals surface area contributed by atoms with E-state index < -0.39 is 64.7 Å². The zero-order valence-electron chi connectivity index (χ0n) is 16.7. The summed E-state index contributed by atoms with van der Waals surface area (Å²) >= 11 is -0.549. The van der Waals surface area contributed by atoms with Crippen LogP contribution in [0.4, 0.5) is 17.6 Å². The molecule has 1 unspecified atom stereocenters. The number of nitrogens with one attached hydrogen (secondary N) is 2. The van der Waals surface area contributed by atoms with Crippen molar-refractivity contribution in [2.45, 2.75) is 30.6 Å². The van der Waals surface area contributed by atoms with Crippen molar-refractivity contribution in [1.82, 2.24) is 15.0 Å². The number of hydrogen-bond acceptors (Lipinski definition) is 6. The van der Waals surface area contributed by atoms with Gasteiger partial charge in [-0.05, 0) is 35.9 Å². The van der Waals surface area contributed by atoms with Crippen LogP contribution in [0.2, 0.25) is 0 Å². The molecule has 0 bridgehead atoms. The zero-order chi connectivity index (χ0) is 23.9. The highest BCUT2D eigenvalue weighted by molar-refractivity contribution is 8.00. The molecular weight excluding hydrogens is 474 g/mol. The number of nitrogens with zero attached hydrogens (tertiary/aromatic N) is 1. The number of hydrogen-bond donors (Lipinski definition) is 4. The lowest BCUT2D eigenvalue weighted by molar-refractivity contribution is -0.120.